The first-order valence-electron chi connectivity index (χ1n) is 8.66. The van der Waals surface area contributed by atoms with Gasteiger partial charge in [0.2, 0.25) is 0 Å². The lowest BCUT2D eigenvalue weighted by Crippen LogP contribution is -2.49. The highest BCUT2D eigenvalue weighted by molar-refractivity contribution is 5.68. The summed E-state index contributed by atoms with van der Waals surface area (Å²) in [6.45, 7) is 17.8. The highest BCUT2D eigenvalue weighted by atomic mass is 16.6. The van der Waals surface area contributed by atoms with E-state index in [1.54, 1.807) is 0 Å². The Morgan fingerprint density at radius 2 is 1.82 bits per heavy atom. The van der Waals surface area contributed by atoms with Crippen molar-refractivity contribution in [1.29, 1.82) is 0 Å². The van der Waals surface area contributed by atoms with E-state index in [0.29, 0.717) is 16.9 Å². The minimum atomic E-state index is -0.417. The molecule has 1 aliphatic carbocycles. The normalized spacial score (nSPS) is 27.6. The summed E-state index contributed by atoms with van der Waals surface area (Å²) in [7, 11) is 0. The molecule has 0 aromatic carbocycles. The number of likely N-dealkylation sites (tertiary alicyclic amines) is 1. The van der Waals surface area contributed by atoms with Gasteiger partial charge < -0.3 is 15.0 Å². The predicted octanol–water partition coefficient (Wildman–Crippen LogP) is 3.66. The van der Waals surface area contributed by atoms with Gasteiger partial charge in [0.15, 0.2) is 0 Å². The van der Waals surface area contributed by atoms with Crippen molar-refractivity contribution in [2.45, 2.75) is 73.0 Å². The lowest BCUT2D eigenvalue weighted by Gasteiger charge is -2.34. The van der Waals surface area contributed by atoms with Crippen LogP contribution in [0.5, 0.6) is 0 Å². The molecule has 1 amide bonds. The monoisotopic (exact) mass is 310 g/mol. The molecule has 0 aromatic heterocycles. The summed E-state index contributed by atoms with van der Waals surface area (Å²) in [6, 6.07) is 0.397. The standard InChI is InChI=1S/C18H34N2O2/c1-16(2,3)22-15(21)20-10-8-9-13(12-20)19-11-14-17(4,5)18(14,6)7/h13-14,19H,8-12H2,1-7H3. The third kappa shape index (κ3) is 3.58. The number of nitrogens with one attached hydrogen (secondary N) is 1. The van der Waals surface area contributed by atoms with E-state index in [1.807, 2.05) is 25.7 Å². The van der Waals surface area contributed by atoms with Gasteiger partial charge in [-0.1, -0.05) is 27.7 Å². The number of carbonyl (C=O) groups excluding carboxylic acids is 1. The molecule has 0 bridgehead atoms. The summed E-state index contributed by atoms with van der Waals surface area (Å²) in [5.41, 5.74) is 0.415. The van der Waals surface area contributed by atoms with Crippen LogP contribution in [0.4, 0.5) is 4.79 Å². The van der Waals surface area contributed by atoms with Crippen molar-refractivity contribution in [3.05, 3.63) is 0 Å². The second-order valence-corrected chi connectivity index (χ2v) is 9.17. The Balaban J connectivity index is 1.81. The van der Waals surface area contributed by atoms with E-state index < -0.39 is 5.60 Å². The van der Waals surface area contributed by atoms with E-state index in [0.717, 1.165) is 38.4 Å². The van der Waals surface area contributed by atoms with Gasteiger partial charge in [-0.15, -0.1) is 0 Å². The number of amides is 1. The summed E-state index contributed by atoms with van der Waals surface area (Å²) in [5, 5.41) is 3.69. The molecule has 22 heavy (non-hydrogen) atoms. The molecule has 1 saturated carbocycles. The van der Waals surface area contributed by atoms with Gasteiger partial charge in [-0.3, -0.25) is 0 Å². The van der Waals surface area contributed by atoms with Crippen molar-refractivity contribution < 1.29 is 9.53 Å². The van der Waals surface area contributed by atoms with Gasteiger partial charge in [0.25, 0.3) is 0 Å². The fourth-order valence-electron chi connectivity index (χ4n) is 3.76. The van der Waals surface area contributed by atoms with Crippen molar-refractivity contribution in [3.8, 4) is 0 Å². The van der Waals surface area contributed by atoms with Crippen molar-refractivity contribution in [2.24, 2.45) is 16.7 Å². The Labute approximate surface area is 136 Å². The van der Waals surface area contributed by atoms with E-state index in [-0.39, 0.29) is 6.09 Å². The number of carbonyl (C=O) groups is 1. The van der Waals surface area contributed by atoms with Crippen LogP contribution in [0.3, 0.4) is 0 Å². The van der Waals surface area contributed by atoms with Crippen LogP contribution < -0.4 is 5.32 Å². The molecule has 2 rings (SSSR count). The minimum absolute atomic E-state index is 0.175. The van der Waals surface area contributed by atoms with Crippen molar-refractivity contribution in [1.82, 2.24) is 10.2 Å². The zero-order chi connectivity index (χ0) is 16.8. The van der Waals surface area contributed by atoms with Crippen molar-refractivity contribution in [3.63, 3.8) is 0 Å². The molecular formula is C18H34N2O2. The second-order valence-electron chi connectivity index (χ2n) is 9.17. The van der Waals surface area contributed by atoms with Crippen molar-refractivity contribution >= 4 is 6.09 Å². The zero-order valence-corrected chi connectivity index (χ0v) is 15.5. The summed E-state index contributed by atoms with van der Waals surface area (Å²) < 4.78 is 5.49. The minimum Gasteiger partial charge on any atom is -0.444 e. The van der Waals surface area contributed by atoms with Gasteiger partial charge in [-0.25, -0.2) is 4.79 Å². The van der Waals surface area contributed by atoms with Crippen LogP contribution in [-0.2, 0) is 4.74 Å². The SMILES string of the molecule is CC(C)(C)OC(=O)N1CCCC(NCC2C(C)(C)C2(C)C)C1. The molecule has 1 aliphatic heterocycles. The van der Waals surface area contributed by atoms with Crippen LogP contribution >= 0.6 is 0 Å². The van der Waals surface area contributed by atoms with Gasteiger partial charge in [0.05, 0.1) is 0 Å². The van der Waals surface area contributed by atoms with Gasteiger partial charge in [-0.05, 0) is 56.9 Å². The molecule has 2 aliphatic rings. The first-order valence-corrected chi connectivity index (χ1v) is 8.66. The van der Waals surface area contributed by atoms with Gasteiger partial charge in [0, 0.05) is 19.1 Å². The lowest BCUT2D eigenvalue weighted by atomic mass is 10.0. The summed E-state index contributed by atoms with van der Waals surface area (Å²) in [4.78, 5) is 14.0. The highest BCUT2D eigenvalue weighted by Gasteiger charge is 2.63. The van der Waals surface area contributed by atoms with E-state index in [1.165, 1.54) is 0 Å². The molecule has 0 radical (unpaired) electrons. The third-order valence-electron chi connectivity index (χ3n) is 6.00. The average molecular weight is 310 g/mol. The predicted molar refractivity (Wildman–Crippen MR) is 89.9 cm³/mol. The maximum absolute atomic E-state index is 12.2. The molecule has 2 fully saturated rings. The second kappa shape index (κ2) is 5.70. The largest absolute Gasteiger partial charge is 0.444 e. The molecule has 1 heterocycles. The zero-order valence-electron chi connectivity index (χ0n) is 15.5. The molecule has 1 saturated heterocycles. The quantitative estimate of drug-likeness (QED) is 0.865. The van der Waals surface area contributed by atoms with Crippen LogP contribution in [0.2, 0.25) is 0 Å². The molecule has 128 valence electrons. The van der Waals surface area contributed by atoms with Gasteiger partial charge >= 0.3 is 6.09 Å². The fraction of sp³-hybridized carbons (Fsp3) is 0.944. The van der Waals surface area contributed by atoms with Crippen LogP contribution in [0.1, 0.15) is 61.3 Å². The number of piperidine rings is 1. The van der Waals surface area contributed by atoms with Crippen LogP contribution in [0.15, 0.2) is 0 Å². The van der Waals surface area contributed by atoms with E-state index >= 15 is 0 Å². The summed E-state index contributed by atoms with van der Waals surface area (Å²) in [5.74, 6) is 0.719. The van der Waals surface area contributed by atoms with Gasteiger partial charge in [0.1, 0.15) is 5.60 Å². The molecule has 1 N–H and O–H groups in total. The molecule has 4 nitrogen and oxygen atoms in total. The topological polar surface area (TPSA) is 41.6 Å². The Kier molecular flexibility index (Phi) is 4.55. The van der Waals surface area contributed by atoms with Crippen LogP contribution in [0, 0.1) is 16.7 Å². The van der Waals surface area contributed by atoms with E-state index in [4.69, 9.17) is 4.74 Å². The molecular weight excluding hydrogens is 276 g/mol. The third-order valence-corrected chi connectivity index (χ3v) is 6.00. The number of rotatable bonds is 3. The lowest BCUT2D eigenvalue weighted by molar-refractivity contribution is 0.0187. The average Bonchev–Trinajstić information content (AvgIpc) is 2.75. The van der Waals surface area contributed by atoms with Gasteiger partial charge in [-0.2, -0.15) is 0 Å². The first-order chi connectivity index (χ1) is 9.95. The molecule has 0 aromatic rings. The number of nitrogens with zero attached hydrogens (tertiary/aromatic N) is 1. The summed E-state index contributed by atoms with van der Waals surface area (Å²) >= 11 is 0. The maximum Gasteiger partial charge on any atom is 0.410 e. The van der Waals surface area contributed by atoms with Crippen molar-refractivity contribution in [2.75, 3.05) is 19.6 Å². The molecule has 0 spiro atoms. The first kappa shape index (κ1) is 17.6. The Bertz CT molecular complexity index is 409. The van der Waals surface area contributed by atoms with E-state index in [2.05, 4.69) is 33.0 Å². The number of hydrogen-bond acceptors (Lipinski definition) is 3. The Hall–Kier alpha value is -0.770. The smallest absolute Gasteiger partial charge is 0.410 e. The van der Waals surface area contributed by atoms with Crippen LogP contribution in [-0.4, -0.2) is 42.3 Å². The number of ether oxygens (including phenoxy) is 1. The Morgan fingerprint density at radius 1 is 1.23 bits per heavy atom. The fourth-order valence-corrected chi connectivity index (χ4v) is 3.76. The number of hydrogen-bond donors (Lipinski definition) is 1. The highest BCUT2D eigenvalue weighted by Crippen LogP contribution is 2.67. The summed E-state index contributed by atoms with van der Waals surface area (Å²) in [6.07, 6.45) is 2.02. The Morgan fingerprint density at radius 3 is 2.32 bits per heavy atom. The molecule has 1 unspecified atom stereocenters. The maximum atomic E-state index is 12.2. The van der Waals surface area contributed by atoms with E-state index in [9.17, 15) is 4.79 Å². The molecule has 1 atom stereocenters. The molecule has 4 heteroatoms. The van der Waals surface area contributed by atoms with Crippen LogP contribution in [0.25, 0.3) is 0 Å².